The topological polar surface area (TPSA) is 131 Å². The van der Waals surface area contributed by atoms with Gasteiger partial charge in [-0.3, -0.25) is 33.9 Å². The van der Waals surface area contributed by atoms with Gasteiger partial charge in [-0.1, -0.05) is 55.1 Å². The maximum Gasteiger partial charge on any atom is 0.282 e. The summed E-state index contributed by atoms with van der Waals surface area (Å²) in [7, 11) is 0. The summed E-state index contributed by atoms with van der Waals surface area (Å²) in [5, 5.41) is 3.29. The van der Waals surface area contributed by atoms with Gasteiger partial charge in [-0.25, -0.2) is 0 Å². The summed E-state index contributed by atoms with van der Waals surface area (Å²) in [5.74, 6) is 1.34. The van der Waals surface area contributed by atoms with Gasteiger partial charge in [0.15, 0.2) is 0 Å². The number of carbonyl (C=O) groups is 4. The highest BCUT2D eigenvalue weighted by Gasteiger charge is 2.50. The molecule has 4 amide bonds. The fourth-order valence-corrected chi connectivity index (χ4v) is 12.2. The maximum atomic E-state index is 14.1. The van der Waals surface area contributed by atoms with Crippen LogP contribution in [0.3, 0.4) is 0 Å². The predicted molar refractivity (Wildman–Crippen MR) is 216 cm³/mol. The minimum Gasteiger partial charge on any atom is -0.492 e. The van der Waals surface area contributed by atoms with E-state index in [2.05, 4.69) is 33.0 Å². The molecule has 3 aromatic carbocycles. The molecule has 5 aliphatic heterocycles. The van der Waals surface area contributed by atoms with Gasteiger partial charge in [0.2, 0.25) is 17.7 Å². The molecule has 1 aromatic heterocycles. The number of imide groups is 1. The zero-order valence-electron chi connectivity index (χ0n) is 32.5. The maximum absolute atomic E-state index is 14.1. The number of ether oxygens (including phenoxy) is 1. The van der Waals surface area contributed by atoms with Gasteiger partial charge in [0.05, 0.1) is 40.2 Å². The molecule has 11 nitrogen and oxygen atoms in total. The molecule has 4 aromatic rings. The monoisotopic (exact) mass is 799 g/mol. The molecular weight excluding hydrogens is 754 g/mol. The molecule has 1 atom stereocenters. The van der Waals surface area contributed by atoms with E-state index in [0.29, 0.717) is 48.0 Å². The van der Waals surface area contributed by atoms with Gasteiger partial charge in [0, 0.05) is 47.5 Å². The molecule has 2 aliphatic carbocycles. The molecule has 298 valence electrons. The van der Waals surface area contributed by atoms with Gasteiger partial charge >= 0.3 is 0 Å². The Labute approximate surface area is 341 Å². The first-order valence-electron chi connectivity index (χ1n) is 21.2. The Kier molecular flexibility index (Phi) is 8.24. The first-order chi connectivity index (χ1) is 28.2. The number of rotatable bonds is 3. The highest BCUT2D eigenvalue weighted by molar-refractivity contribution is 6.35. The van der Waals surface area contributed by atoms with Crippen molar-refractivity contribution < 1.29 is 23.9 Å². The van der Waals surface area contributed by atoms with E-state index in [9.17, 15) is 24.0 Å². The molecule has 4 fully saturated rings. The Balaban J connectivity index is 0.771. The van der Waals surface area contributed by atoms with Crippen LogP contribution in [0.15, 0.2) is 53.3 Å². The van der Waals surface area contributed by atoms with E-state index in [1.807, 2.05) is 24.3 Å². The van der Waals surface area contributed by atoms with Gasteiger partial charge in [-0.05, 0) is 99.1 Å². The Morgan fingerprint density at radius 2 is 1.67 bits per heavy atom. The van der Waals surface area contributed by atoms with Gasteiger partial charge in [0.1, 0.15) is 17.6 Å². The van der Waals surface area contributed by atoms with E-state index in [0.717, 1.165) is 98.1 Å². The zero-order valence-corrected chi connectivity index (χ0v) is 33.2. The first kappa shape index (κ1) is 36.1. The Morgan fingerprint density at radius 3 is 2.45 bits per heavy atom. The molecule has 0 unspecified atom stereocenters. The smallest absolute Gasteiger partial charge is 0.282 e. The third kappa shape index (κ3) is 5.23. The van der Waals surface area contributed by atoms with Crippen molar-refractivity contribution in [3.8, 4) is 11.4 Å². The van der Waals surface area contributed by atoms with Crippen LogP contribution in [-0.4, -0.2) is 68.7 Å². The molecule has 1 N–H and O–H groups in total. The molecule has 6 heterocycles. The van der Waals surface area contributed by atoms with Crippen molar-refractivity contribution in [3.05, 3.63) is 97.5 Å². The van der Waals surface area contributed by atoms with Crippen LogP contribution in [0.4, 0.5) is 0 Å². The van der Waals surface area contributed by atoms with Crippen LogP contribution in [0.5, 0.6) is 5.75 Å². The molecule has 2 spiro atoms. The number of nitrogens with one attached hydrogen (secondary N) is 1. The quantitative estimate of drug-likeness (QED) is 0.232. The van der Waals surface area contributed by atoms with Crippen molar-refractivity contribution in [2.75, 3.05) is 19.7 Å². The Bertz CT molecular complexity index is 2530. The van der Waals surface area contributed by atoms with E-state index < -0.39 is 11.9 Å². The van der Waals surface area contributed by atoms with Crippen LogP contribution in [0.2, 0.25) is 5.02 Å². The number of hydrogen-bond donors (Lipinski definition) is 1. The number of piperidine rings is 2. The predicted octanol–water partition coefficient (Wildman–Crippen LogP) is 6.59. The number of aromatic nitrogens is 2. The molecule has 7 aliphatic rings. The Hall–Kier alpha value is -5.03. The summed E-state index contributed by atoms with van der Waals surface area (Å²) in [5.41, 5.74) is 6.28. The molecule has 2 saturated heterocycles. The minimum atomic E-state index is -0.666. The number of likely N-dealkylation sites (tertiary alicyclic amines) is 1. The average molecular weight is 800 g/mol. The van der Waals surface area contributed by atoms with Crippen molar-refractivity contribution >= 4 is 46.1 Å². The lowest BCUT2D eigenvalue weighted by atomic mass is 9.69. The van der Waals surface area contributed by atoms with Crippen LogP contribution in [0, 0.1) is 5.92 Å². The van der Waals surface area contributed by atoms with Gasteiger partial charge in [0.25, 0.3) is 11.5 Å². The summed E-state index contributed by atoms with van der Waals surface area (Å²) in [6.07, 6.45) is 11.1. The van der Waals surface area contributed by atoms with E-state index >= 15 is 0 Å². The van der Waals surface area contributed by atoms with Crippen molar-refractivity contribution in [3.63, 3.8) is 0 Å². The van der Waals surface area contributed by atoms with E-state index in [4.69, 9.17) is 21.3 Å². The molecule has 2 saturated carbocycles. The number of halogens is 1. The van der Waals surface area contributed by atoms with Crippen LogP contribution in [0.1, 0.15) is 128 Å². The minimum absolute atomic E-state index is 0.0136. The van der Waals surface area contributed by atoms with Gasteiger partial charge in [-0.2, -0.15) is 4.98 Å². The normalized spacial score (nSPS) is 25.4. The van der Waals surface area contributed by atoms with Crippen LogP contribution < -0.4 is 15.6 Å². The lowest BCUT2D eigenvalue weighted by molar-refractivity contribution is -0.139. The summed E-state index contributed by atoms with van der Waals surface area (Å²) in [4.78, 5) is 73.7. The number of benzene rings is 3. The zero-order chi connectivity index (χ0) is 39.5. The summed E-state index contributed by atoms with van der Waals surface area (Å²) in [6, 6.07) is 15.8. The van der Waals surface area contributed by atoms with Crippen molar-refractivity contribution in [1.29, 1.82) is 0 Å². The number of carbonyl (C=O) groups excluding carboxylic acids is 4. The van der Waals surface area contributed by atoms with Gasteiger partial charge in [-0.15, -0.1) is 0 Å². The highest BCUT2D eigenvalue weighted by atomic mass is 35.5. The highest BCUT2D eigenvalue weighted by Crippen LogP contribution is 2.53. The number of amides is 4. The van der Waals surface area contributed by atoms with Crippen LogP contribution in [0.25, 0.3) is 16.6 Å². The van der Waals surface area contributed by atoms with E-state index in [-0.39, 0.29) is 53.0 Å². The number of hydrogen-bond acceptors (Lipinski definition) is 7. The molecule has 11 rings (SSSR count). The van der Waals surface area contributed by atoms with E-state index in [1.165, 1.54) is 17.5 Å². The second-order valence-corrected chi connectivity index (χ2v) is 18.3. The fourth-order valence-electron chi connectivity index (χ4n) is 11.9. The SMILES string of the molecule is O=C1CC[C@H](N2Cc3c(ccc4c3OCC43CCN(C(=O)C4CCC(c5ccc6c(c5)C5(CCCCC5)c5nc(=O)c7c(Cl)cccc7n5-6)CC4)CC3)C2=O)C(=O)N1. The first-order valence-corrected chi connectivity index (χ1v) is 21.6. The molecule has 12 heteroatoms. The number of fused-ring (bicyclic) bond motifs is 11. The third-order valence-corrected chi connectivity index (χ3v) is 15.4. The summed E-state index contributed by atoms with van der Waals surface area (Å²) < 4.78 is 8.58. The molecular formula is C46H46ClN5O6. The number of nitrogens with zero attached hydrogens (tertiary/aromatic N) is 4. The summed E-state index contributed by atoms with van der Waals surface area (Å²) in [6.45, 7) is 2.15. The standard InChI is InChI=1S/C46H46ClN5O6/c47-33-5-4-6-35-38(33)41(55)49-44-46(17-2-1-3-18-46)32-23-28(11-14-34(32)52(35)44)26-7-9-27(10-8-26)42(56)50-21-19-45(20-22-50)25-58-39-30-24-51(36-15-16-37(53)48-40(36)54)43(57)29(30)12-13-31(39)45/h4-6,11-14,23,26-27,36H,1-3,7-10,15-22,24-25H2,(H,48,53,54)/t26?,27?,36-/m0/s1. The fraction of sp³-hybridized carbons (Fsp3) is 0.478. The van der Waals surface area contributed by atoms with E-state index in [1.54, 1.807) is 11.0 Å². The molecule has 0 radical (unpaired) electrons. The molecule has 58 heavy (non-hydrogen) atoms. The van der Waals surface area contributed by atoms with Gasteiger partial charge < -0.3 is 14.5 Å². The van der Waals surface area contributed by atoms with Crippen LogP contribution >= 0.6 is 11.6 Å². The lowest BCUT2D eigenvalue weighted by Crippen LogP contribution is -2.52. The van der Waals surface area contributed by atoms with Crippen molar-refractivity contribution in [1.82, 2.24) is 24.7 Å². The van der Waals surface area contributed by atoms with Crippen LogP contribution in [-0.2, 0) is 31.8 Å². The largest absolute Gasteiger partial charge is 0.492 e. The molecule has 0 bridgehead atoms. The second kappa shape index (κ2) is 13.2. The lowest BCUT2D eigenvalue weighted by Gasteiger charge is -2.40. The Morgan fingerprint density at radius 1 is 0.879 bits per heavy atom. The van der Waals surface area contributed by atoms with Crippen molar-refractivity contribution in [2.24, 2.45) is 5.92 Å². The third-order valence-electron chi connectivity index (χ3n) is 15.1. The second-order valence-electron chi connectivity index (χ2n) is 17.9. The average Bonchev–Trinajstić information content (AvgIpc) is 3.85. The summed E-state index contributed by atoms with van der Waals surface area (Å²) >= 11 is 6.56. The van der Waals surface area contributed by atoms with Crippen molar-refractivity contribution in [2.45, 2.75) is 113 Å².